The number of rotatable bonds is 6. The Bertz CT molecular complexity index is 343. The van der Waals surface area contributed by atoms with Crippen LogP contribution in [0.15, 0.2) is 18.2 Å². The molecule has 1 aromatic carbocycles. The second-order valence-electron chi connectivity index (χ2n) is 4.86. The average Bonchev–Trinajstić information content (AvgIpc) is 2.28. The third-order valence-corrected chi connectivity index (χ3v) is 3.42. The SMILES string of the molecule is CCCC(CCC)C(N)c1ccc(F)cc1C. The summed E-state index contributed by atoms with van der Waals surface area (Å²) in [5, 5.41) is 0. The normalized spacial score (nSPS) is 13.1. The van der Waals surface area contributed by atoms with Gasteiger partial charge in [0.2, 0.25) is 0 Å². The molecule has 0 aliphatic carbocycles. The van der Waals surface area contributed by atoms with E-state index in [2.05, 4.69) is 13.8 Å². The molecule has 1 rings (SSSR count). The van der Waals surface area contributed by atoms with Gasteiger partial charge in [-0.05, 0) is 48.9 Å². The molecule has 0 aliphatic rings. The maximum atomic E-state index is 13.1. The van der Waals surface area contributed by atoms with Crippen molar-refractivity contribution < 1.29 is 4.39 Å². The van der Waals surface area contributed by atoms with Gasteiger partial charge in [-0.2, -0.15) is 0 Å². The third-order valence-electron chi connectivity index (χ3n) is 3.42. The highest BCUT2D eigenvalue weighted by atomic mass is 19.1. The van der Waals surface area contributed by atoms with E-state index in [9.17, 15) is 4.39 Å². The van der Waals surface area contributed by atoms with Gasteiger partial charge in [-0.25, -0.2) is 4.39 Å². The highest BCUT2D eigenvalue weighted by Gasteiger charge is 2.19. The molecule has 1 unspecified atom stereocenters. The van der Waals surface area contributed by atoms with Gasteiger partial charge in [0.1, 0.15) is 5.82 Å². The molecule has 17 heavy (non-hydrogen) atoms. The van der Waals surface area contributed by atoms with Crippen LogP contribution in [0.1, 0.15) is 56.7 Å². The van der Waals surface area contributed by atoms with Crippen LogP contribution in [0, 0.1) is 18.7 Å². The molecule has 0 aromatic heterocycles. The molecule has 96 valence electrons. The molecule has 1 nitrogen and oxygen atoms in total. The Kier molecular flexibility index (Phi) is 5.63. The Morgan fingerprint density at radius 1 is 1.18 bits per heavy atom. The van der Waals surface area contributed by atoms with Crippen LogP contribution in [0.4, 0.5) is 4.39 Å². The molecular weight excluding hydrogens is 213 g/mol. The second-order valence-corrected chi connectivity index (χ2v) is 4.86. The van der Waals surface area contributed by atoms with Crippen LogP contribution in [0.2, 0.25) is 0 Å². The molecule has 1 atom stereocenters. The molecule has 0 heterocycles. The van der Waals surface area contributed by atoms with Gasteiger partial charge in [0.05, 0.1) is 0 Å². The van der Waals surface area contributed by atoms with E-state index in [4.69, 9.17) is 5.73 Å². The molecule has 2 heteroatoms. The van der Waals surface area contributed by atoms with Crippen molar-refractivity contribution in [2.45, 2.75) is 52.5 Å². The molecule has 1 aromatic rings. The number of hydrogen-bond donors (Lipinski definition) is 1. The minimum Gasteiger partial charge on any atom is -0.324 e. The lowest BCUT2D eigenvalue weighted by atomic mass is 9.85. The van der Waals surface area contributed by atoms with E-state index in [1.165, 1.54) is 6.07 Å². The fourth-order valence-electron chi connectivity index (χ4n) is 2.51. The van der Waals surface area contributed by atoms with Gasteiger partial charge in [-0.1, -0.05) is 32.8 Å². The van der Waals surface area contributed by atoms with Crippen LogP contribution in [-0.2, 0) is 0 Å². The Balaban J connectivity index is 2.88. The Hall–Kier alpha value is -0.890. The van der Waals surface area contributed by atoms with Crippen LogP contribution in [-0.4, -0.2) is 0 Å². The summed E-state index contributed by atoms with van der Waals surface area (Å²) in [6.45, 7) is 6.31. The number of hydrogen-bond acceptors (Lipinski definition) is 1. The topological polar surface area (TPSA) is 26.0 Å². The zero-order valence-electron chi connectivity index (χ0n) is 11.2. The quantitative estimate of drug-likeness (QED) is 0.782. The summed E-state index contributed by atoms with van der Waals surface area (Å²) in [5.41, 5.74) is 8.40. The minimum atomic E-state index is -0.180. The van der Waals surface area contributed by atoms with Gasteiger partial charge < -0.3 is 5.73 Å². The van der Waals surface area contributed by atoms with E-state index in [-0.39, 0.29) is 11.9 Å². The Morgan fingerprint density at radius 3 is 2.24 bits per heavy atom. The molecule has 0 spiro atoms. The fourth-order valence-corrected chi connectivity index (χ4v) is 2.51. The maximum absolute atomic E-state index is 13.1. The first-order valence-electron chi connectivity index (χ1n) is 6.61. The summed E-state index contributed by atoms with van der Waals surface area (Å²) in [6, 6.07) is 4.96. The molecular formula is C15H24FN. The van der Waals surface area contributed by atoms with E-state index < -0.39 is 0 Å². The van der Waals surface area contributed by atoms with Crippen LogP contribution in [0.3, 0.4) is 0 Å². The van der Waals surface area contributed by atoms with Crippen molar-refractivity contribution in [1.29, 1.82) is 0 Å². The second kappa shape index (κ2) is 6.75. The summed E-state index contributed by atoms with van der Waals surface area (Å²) in [5.74, 6) is 0.329. The Morgan fingerprint density at radius 2 is 1.76 bits per heavy atom. The predicted octanol–water partition coefficient (Wildman–Crippen LogP) is 4.35. The molecule has 0 saturated carbocycles. The fraction of sp³-hybridized carbons (Fsp3) is 0.600. The first-order chi connectivity index (χ1) is 8.10. The number of halogens is 1. The van der Waals surface area contributed by atoms with Crippen molar-refractivity contribution in [2.24, 2.45) is 11.7 Å². The lowest BCUT2D eigenvalue weighted by molar-refractivity contribution is 0.367. The Labute approximate surface area is 104 Å². The average molecular weight is 237 g/mol. The van der Waals surface area contributed by atoms with Gasteiger partial charge >= 0.3 is 0 Å². The molecule has 2 N–H and O–H groups in total. The van der Waals surface area contributed by atoms with Crippen LogP contribution in [0.5, 0.6) is 0 Å². The van der Waals surface area contributed by atoms with Gasteiger partial charge in [-0.3, -0.25) is 0 Å². The van der Waals surface area contributed by atoms with Crippen LogP contribution in [0.25, 0.3) is 0 Å². The summed E-state index contributed by atoms with van der Waals surface area (Å²) in [4.78, 5) is 0. The zero-order chi connectivity index (χ0) is 12.8. The van der Waals surface area contributed by atoms with E-state index in [0.29, 0.717) is 5.92 Å². The summed E-state index contributed by atoms with van der Waals surface area (Å²) in [6.07, 6.45) is 4.59. The van der Waals surface area contributed by atoms with Crippen molar-refractivity contribution in [2.75, 3.05) is 0 Å². The first-order valence-corrected chi connectivity index (χ1v) is 6.61. The largest absolute Gasteiger partial charge is 0.324 e. The van der Waals surface area contributed by atoms with Crippen LogP contribution >= 0.6 is 0 Å². The van der Waals surface area contributed by atoms with Crippen molar-refractivity contribution in [1.82, 2.24) is 0 Å². The van der Waals surface area contributed by atoms with Crippen molar-refractivity contribution in [3.63, 3.8) is 0 Å². The van der Waals surface area contributed by atoms with Crippen LogP contribution < -0.4 is 5.73 Å². The van der Waals surface area contributed by atoms with Gasteiger partial charge in [0, 0.05) is 6.04 Å². The van der Waals surface area contributed by atoms with Crippen molar-refractivity contribution >= 4 is 0 Å². The van der Waals surface area contributed by atoms with Gasteiger partial charge in [0.15, 0.2) is 0 Å². The maximum Gasteiger partial charge on any atom is 0.123 e. The number of benzene rings is 1. The highest BCUT2D eigenvalue weighted by molar-refractivity contribution is 5.29. The molecule has 0 radical (unpaired) electrons. The molecule has 0 amide bonds. The van der Waals surface area contributed by atoms with Crippen molar-refractivity contribution in [3.8, 4) is 0 Å². The smallest absolute Gasteiger partial charge is 0.123 e. The summed E-state index contributed by atoms with van der Waals surface area (Å²) < 4.78 is 13.1. The third kappa shape index (κ3) is 3.81. The molecule has 0 bridgehead atoms. The summed E-state index contributed by atoms with van der Waals surface area (Å²) in [7, 11) is 0. The molecule has 0 aliphatic heterocycles. The lowest BCUT2D eigenvalue weighted by Gasteiger charge is -2.25. The van der Waals surface area contributed by atoms with E-state index in [0.717, 1.165) is 36.8 Å². The van der Waals surface area contributed by atoms with E-state index >= 15 is 0 Å². The van der Waals surface area contributed by atoms with E-state index in [1.54, 1.807) is 6.07 Å². The summed E-state index contributed by atoms with van der Waals surface area (Å²) >= 11 is 0. The van der Waals surface area contributed by atoms with Gasteiger partial charge in [-0.15, -0.1) is 0 Å². The molecule has 0 saturated heterocycles. The zero-order valence-corrected chi connectivity index (χ0v) is 11.2. The highest BCUT2D eigenvalue weighted by Crippen LogP contribution is 2.29. The molecule has 0 fully saturated rings. The van der Waals surface area contributed by atoms with Gasteiger partial charge in [0.25, 0.3) is 0 Å². The van der Waals surface area contributed by atoms with Crippen molar-refractivity contribution in [3.05, 3.63) is 35.1 Å². The monoisotopic (exact) mass is 237 g/mol. The van der Waals surface area contributed by atoms with E-state index in [1.807, 2.05) is 13.0 Å². The first kappa shape index (κ1) is 14.2. The number of nitrogens with two attached hydrogens (primary N) is 1. The minimum absolute atomic E-state index is 0.0375. The standard InChI is InChI=1S/C15H24FN/c1-4-6-12(7-5-2)15(17)14-9-8-13(16)10-11(14)3/h8-10,12,15H,4-7,17H2,1-3H3. The number of aryl methyl sites for hydroxylation is 1. The lowest BCUT2D eigenvalue weighted by Crippen LogP contribution is -2.22. The predicted molar refractivity (Wildman–Crippen MR) is 71.4 cm³/mol.